The van der Waals surface area contributed by atoms with Crippen molar-refractivity contribution >= 4 is 66.6 Å². The van der Waals surface area contributed by atoms with E-state index in [1.54, 1.807) is 13.8 Å². The molecular weight excluding hydrogens is 1860 g/mol. The van der Waals surface area contributed by atoms with Crippen LogP contribution < -0.4 is 95.5 Å². The van der Waals surface area contributed by atoms with Crippen molar-refractivity contribution in [1.29, 1.82) is 0 Å². The molecule has 145 heavy (non-hydrogen) atoms. The van der Waals surface area contributed by atoms with E-state index < -0.39 is 39.9 Å². The second-order valence-corrected chi connectivity index (χ2v) is 37.0. The summed E-state index contributed by atoms with van der Waals surface area (Å²) < 4.78 is 62.6. The van der Waals surface area contributed by atoms with Crippen LogP contribution in [0.15, 0.2) is 120 Å². The summed E-state index contributed by atoms with van der Waals surface area (Å²) in [5.74, 6) is 39.5. The molecule has 36 heteroatoms. The van der Waals surface area contributed by atoms with Gasteiger partial charge in [-0.2, -0.15) is 29.9 Å². The van der Waals surface area contributed by atoms with Crippen molar-refractivity contribution < 1.29 is 54.9 Å². The van der Waals surface area contributed by atoms with Gasteiger partial charge in [-0.1, -0.05) is 190 Å². The lowest BCUT2D eigenvalue weighted by atomic mass is 10.1. The minimum Gasteiger partial charge on any atom is -0.451 e. The van der Waals surface area contributed by atoms with Gasteiger partial charge in [-0.05, 0) is 185 Å². The molecular formula is C109H120N12O24. The van der Waals surface area contributed by atoms with Gasteiger partial charge in [0.1, 0.15) is 32.3 Å². The van der Waals surface area contributed by atoms with Crippen molar-refractivity contribution in [1.82, 2.24) is 59.8 Å². The summed E-state index contributed by atoms with van der Waals surface area (Å²) in [5, 5.41) is 2.00. The first kappa shape index (κ1) is 105. The van der Waals surface area contributed by atoms with Crippen LogP contribution in [0, 0.1) is 112 Å². The molecule has 0 spiro atoms. The van der Waals surface area contributed by atoms with Crippen molar-refractivity contribution in [3.8, 4) is 107 Å². The summed E-state index contributed by atoms with van der Waals surface area (Å²) in [6, 6.07) is 8.42. The first-order valence-corrected chi connectivity index (χ1v) is 50.4. The van der Waals surface area contributed by atoms with Gasteiger partial charge in [-0.3, -0.25) is 58.7 Å². The Hall–Kier alpha value is -15.3. The zero-order valence-electron chi connectivity index (χ0n) is 82.6. The average Bonchev–Trinajstić information content (AvgIpc) is 1.72. The van der Waals surface area contributed by atoms with E-state index in [1.807, 2.05) is 20.8 Å². The maximum atomic E-state index is 12.5. The number of nitrogens with one attached hydrogen (secondary N) is 6. The van der Waals surface area contributed by atoms with Crippen LogP contribution in [-0.2, 0) is 38.5 Å². The highest BCUT2D eigenvalue weighted by Gasteiger charge is 2.29. The lowest BCUT2D eigenvalue weighted by Gasteiger charge is -2.09. The molecule has 7 aliphatic rings. The lowest BCUT2D eigenvalue weighted by molar-refractivity contribution is 0.255. The topological polar surface area (TPSA) is 511 Å². The van der Waals surface area contributed by atoms with Gasteiger partial charge in [0.2, 0.25) is 34.3 Å². The lowest BCUT2D eigenvalue weighted by Crippen LogP contribution is -2.18. The highest BCUT2D eigenvalue weighted by atomic mass is 16.5. The normalized spacial score (nSPS) is 14.3. The molecule has 1 unspecified atom stereocenters. The zero-order valence-corrected chi connectivity index (χ0v) is 82.6. The van der Waals surface area contributed by atoms with Gasteiger partial charge in [-0.25, -0.2) is 28.8 Å². The molecule has 0 radical (unpaired) electrons. The number of H-pyrrole nitrogens is 6. The number of hydrogen-bond donors (Lipinski definition) is 6. The number of unbranched alkanes of at least 4 members (excludes halogenated alkanes) is 3. The number of aromatic nitrogens is 12. The van der Waals surface area contributed by atoms with Gasteiger partial charge >= 0.3 is 69.8 Å². The SMILES string of the molecule is CC#CCOc1nc2oc(=O)cc(CCCC3CC3)c2c(=O)[nH]1.CCC#CC(C)Oc1nc2oc(=O)cc(CCCC3CC3)c2c(=O)[nH]1.CCC#CCOc1nc2oc(=O)cc(CCC3CC3)c2c(=O)[nH]1.CCCC#CCOc1nc2oc(=O)cc(CCC3CC3)c2c(=O)[nH]1.CCCCC#CCOc1nc2oc(=O)cc(CCCC3CC3)c2c(=O)[nH]1.O=c1cc(CCC2CC2)c2c(=O)[nH]c(OCC#CC3CC3)nc2o1. The van der Waals surface area contributed by atoms with Crippen LogP contribution in [-0.4, -0.2) is 98.9 Å². The molecule has 0 amide bonds. The highest BCUT2D eigenvalue weighted by Crippen LogP contribution is 2.39. The molecule has 7 fully saturated rings. The predicted molar refractivity (Wildman–Crippen MR) is 543 cm³/mol. The first-order valence-electron chi connectivity index (χ1n) is 50.4. The number of aryl methyl sites for hydroxylation is 6. The fourth-order valence-electron chi connectivity index (χ4n) is 15.9. The van der Waals surface area contributed by atoms with Crippen LogP contribution in [0.2, 0.25) is 0 Å². The maximum Gasteiger partial charge on any atom is 0.337 e. The molecule has 0 aliphatic heterocycles. The second kappa shape index (κ2) is 52.6. The van der Waals surface area contributed by atoms with Crippen LogP contribution >= 0.6 is 0 Å². The van der Waals surface area contributed by atoms with E-state index in [-0.39, 0.29) is 137 Å². The van der Waals surface area contributed by atoms with Gasteiger partial charge in [0.15, 0.2) is 39.1 Å². The second-order valence-electron chi connectivity index (χ2n) is 37.0. The molecule has 36 nitrogen and oxygen atoms in total. The van der Waals surface area contributed by atoms with E-state index in [4.69, 9.17) is 54.9 Å². The quantitative estimate of drug-likeness (QED) is 0.0157. The molecule has 12 aromatic heterocycles. The molecule has 19 rings (SSSR count). The smallest absolute Gasteiger partial charge is 0.337 e. The van der Waals surface area contributed by atoms with Crippen molar-refractivity contribution in [3.63, 3.8) is 0 Å². The standard InChI is InChI=1S/C20H24N2O4.C19H22N2O4.C18H18N2O4.C18H20N2O4.2C17H18N2O4/c1-2-3-4-5-6-12-25-20-21-18(24)17-15(9-7-8-14-10-11-14)13-16(23)26-19(17)22-20;1-3-4-6-12(2)24-19-20-17(23)16-14(8-5-7-13-9-10-13)11-15(22)25-18(16)21-19;21-14-10-13(8-7-12-5-6-12)15-16(22)19-18(20-17(15)24-14)23-9-1-2-11-3-4-11;1-2-3-4-5-10-23-18-19-16(22)15-13(9-8-12-6-7-12)11-14(21)24-17(15)20-18;1-2-3-9-22-17-18-15(21)14-12(6-4-5-11-7-8-11)10-13(20)23-16(14)19-17;1-2-3-4-9-22-17-18-15(21)14-12(8-7-11-5-6-11)10-13(20)23-16(14)19-17/h13-14H,2-4,7-12H2,1H3,(H,21,22,24);11-13H,3,5,7-10H2,1-2H3,(H,20,21,23);10-12H,3-9H2,(H,19,20,22);11-12H,2-3,6-10H2,1H3,(H,19,20,22);10-11H,4-9H2,1H3,(H,18,19,21);10-11H,2,5-9H2,1H3,(H,18,19,21). The van der Waals surface area contributed by atoms with Crippen LogP contribution in [0.4, 0.5) is 0 Å². The van der Waals surface area contributed by atoms with Crippen LogP contribution in [0.1, 0.15) is 268 Å². The minimum atomic E-state index is -0.503. The number of fused-ring (bicyclic) bond motifs is 6. The summed E-state index contributed by atoms with van der Waals surface area (Å²) in [4.78, 5) is 185. The maximum absolute atomic E-state index is 12.5. The van der Waals surface area contributed by atoms with Crippen LogP contribution in [0.25, 0.3) is 66.6 Å². The van der Waals surface area contributed by atoms with Crippen LogP contribution in [0.3, 0.4) is 0 Å². The van der Waals surface area contributed by atoms with Crippen molar-refractivity contribution in [3.05, 3.63) is 194 Å². The zero-order chi connectivity index (χ0) is 102. The number of hydrogen-bond acceptors (Lipinski definition) is 30. The van der Waals surface area contributed by atoms with E-state index in [0.29, 0.717) is 134 Å². The van der Waals surface area contributed by atoms with Crippen LogP contribution in [0.5, 0.6) is 36.1 Å². The number of ether oxygens (including phenoxy) is 6. The Morgan fingerprint density at radius 2 is 0.572 bits per heavy atom. The third kappa shape index (κ3) is 33.7. The first-order chi connectivity index (χ1) is 70.4. The Balaban J connectivity index is 0.000000138. The van der Waals surface area contributed by atoms with E-state index in [2.05, 4.69) is 138 Å². The Labute approximate surface area is 831 Å². The Morgan fingerprint density at radius 1 is 0.303 bits per heavy atom. The van der Waals surface area contributed by atoms with Crippen molar-refractivity contribution in [2.45, 2.75) is 279 Å². The number of rotatable bonds is 36. The Bertz CT molecular complexity index is 7830. The molecule has 0 aromatic carbocycles. The molecule has 0 saturated heterocycles. The average molecular weight is 1980 g/mol. The molecule has 0 bridgehead atoms. The summed E-state index contributed by atoms with van der Waals surface area (Å²) >= 11 is 0. The highest BCUT2D eigenvalue weighted by molar-refractivity contribution is 5.80. The third-order valence-corrected chi connectivity index (χ3v) is 24.7. The van der Waals surface area contributed by atoms with Gasteiger partial charge < -0.3 is 54.9 Å². The predicted octanol–water partition coefficient (Wildman–Crippen LogP) is 14.4. The fourth-order valence-corrected chi connectivity index (χ4v) is 15.9. The van der Waals surface area contributed by atoms with Gasteiger partial charge in [0, 0.05) is 68.0 Å². The summed E-state index contributed by atoms with van der Waals surface area (Å²) in [5.41, 5.74) is -0.869. The molecule has 12 heterocycles. The monoisotopic (exact) mass is 1980 g/mol. The van der Waals surface area contributed by atoms with E-state index >= 15 is 0 Å². The van der Waals surface area contributed by atoms with E-state index in [0.717, 1.165) is 127 Å². The Kier molecular flexibility index (Phi) is 38.3. The van der Waals surface area contributed by atoms with Crippen molar-refractivity contribution in [2.75, 3.05) is 33.0 Å². The molecule has 1 atom stereocenters. The molecule has 760 valence electrons. The summed E-state index contributed by atoms with van der Waals surface area (Å²) in [7, 11) is 0. The largest absolute Gasteiger partial charge is 0.451 e. The van der Waals surface area contributed by atoms with Gasteiger partial charge in [0.25, 0.3) is 33.4 Å². The molecule has 7 aliphatic carbocycles. The molecule has 12 aromatic rings. The molecule has 6 N–H and O–H groups in total. The third-order valence-electron chi connectivity index (χ3n) is 24.7. The number of nitrogens with zero attached hydrogens (tertiary/aromatic N) is 6. The summed E-state index contributed by atoms with van der Waals surface area (Å²) in [6.45, 7) is 12.1. The molecule has 7 saturated carbocycles. The summed E-state index contributed by atoms with van der Waals surface area (Å²) in [6.07, 6.45) is 36.4. The van der Waals surface area contributed by atoms with Crippen molar-refractivity contribution in [2.24, 2.45) is 41.4 Å². The minimum absolute atomic E-state index is 0.00327. The van der Waals surface area contributed by atoms with Gasteiger partial charge in [0.05, 0.1) is 0 Å². The van der Waals surface area contributed by atoms with E-state index in [1.165, 1.54) is 113 Å². The van der Waals surface area contributed by atoms with Gasteiger partial charge in [-0.15, -0.1) is 11.8 Å². The Morgan fingerprint density at radius 3 is 0.855 bits per heavy atom. The van der Waals surface area contributed by atoms with E-state index in [9.17, 15) is 57.5 Å². The fraction of sp³-hybridized carbons (Fsp3) is 0.505. The number of aromatic amines is 6.